The van der Waals surface area contributed by atoms with Crippen LogP contribution >= 0.6 is 0 Å². The van der Waals surface area contributed by atoms with Crippen LogP contribution in [-0.4, -0.2) is 12.5 Å². The number of benzene rings is 2. The summed E-state index contributed by atoms with van der Waals surface area (Å²) in [5.74, 6) is 1.70. The van der Waals surface area contributed by atoms with Gasteiger partial charge in [0.1, 0.15) is 0 Å². The number of rotatable bonds is 5. The summed E-state index contributed by atoms with van der Waals surface area (Å²) < 4.78 is 5.55. The topological polar surface area (TPSA) is 33.1 Å². The molecule has 2 nitrogen and oxygen atoms in total. The third-order valence-electron chi connectivity index (χ3n) is 3.92. The molecule has 2 aromatic carbocycles. The molecular weight excluding hydrogens is 246 g/mol. The standard InChI is InChI=1S/C18H19NO/c19-18(15-9-5-2-6-10-15)20-12-11-16-13-17(16)14-7-3-1-4-8-14/h1-10,16-17,19H,11-13H2/t16-,17-/m0/s1. The lowest BCUT2D eigenvalue weighted by Crippen LogP contribution is -2.06. The zero-order valence-electron chi connectivity index (χ0n) is 11.5. The molecule has 1 fully saturated rings. The molecule has 102 valence electrons. The number of ether oxygens (including phenoxy) is 1. The van der Waals surface area contributed by atoms with Gasteiger partial charge in [-0.2, -0.15) is 0 Å². The van der Waals surface area contributed by atoms with Crippen LogP contribution in [0, 0.1) is 11.3 Å². The van der Waals surface area contributed by atoms with Gasteiger partial charge in [-0.15, -0.1) is 0 Å². The molecule has 0 bridgehead atoms. The van der Waals surface area contributed by atoms with Crippen LogP contribution in [0.5, 0.6) is 0 Å². The Hall–Kier alpha value is -2.09. The van der Waals surface area contributed by atoms with E-state index in [0.717, 1.165) is 17.9 Å². The van der Waals surface area contributed by atoms with Gasteiger partial charge in [-0.25, -0.2) is 0 Å². The van der Waals surface area contributed by atoms with Gasteiger partial charge in [0.05, 0.1) is 6.61 Å². The first-order valence-corrected chi connectivity index (χ1v) is 7.16. The third kappa shape index (κ3) is 3.08. The second-order valence-electron chi connectivity index (χ2n) is 5.35. The van der Waals surface area contributed by atoms with Crippen molar-refractivity contribution >= 4 is 5.90 Å². The Labute approximate surface area is 119 Å². The molecule has 1 N–H and O–H groups in total. The van der Waals surface area contributed by atoms with E-state index in [-0.39, 0.29) is 5.90 Å². The molecule has 2 aromatic rings. The molecule has 1 saturated carbocycles. The Morgan fingerprint density at radius 1 is 1.00 bits per heavy atom. The highest BCUT2D eigenvalue weighted by atomic mass is 16.5. The normalized spacial score (nSPS) is 20.4. The fourth-order valence-electron chi connectivity index (χ4n) is 2.66. The molecule has 0 aromatic heterocycles. The number of hydrogen-bond acceptors (Lipinski definition) is 2. The first-order valence-electron chi connectivity index (χ1n) is 7.16. The van der Waals surface area contributed by atoms with Gasteiger partial charge in [-0.05, 0) is 42.4 Å². The predicted molar refractivity (Wildman–Crippen MR) is 81.1 cm³/mol. The van der Waals surface area contributed by atoms with Crippen molar-refractivity contribution in [3.8, 4) is 0 Å². The molecule has 1 aliphatic carbocycles. The van der Waals surface area contributed by atoms with Crippen molar-refractivity contribution in [2.45, 2.75) is 18.8 Å². The van der Waals surface area contributed by atoms with E-state index in [1.54, 1.807) is 0 Å². The lowest BCUT2D eigenvalue weighted by atomic mass is 10.1. The zero-order valence-corrected chi connectivity index (χ0v) is 11.5. The van der Waals surface area contributed by atoms with Crippen molar-refractivity contribution < 1.29 is 4.74 Å². The van der Waals surface area contributed by atoms with E-state index >= 15 is 0 Å². The quantitative estimate of drug-likeness (QED) is 0.637. The van der Waals surface area contributed by atoms with E-state index in [1.165, 1.54) is 12.0 Å². The largest absolute Gasteiger partial charge is 0.478 e. The van der Waals surface area contributed by atoms with Gasteiger partial charge in [-0.3, -0.25) is 5.41 Å². The molecule has 0 unspecified atom stereocenters. The molecule has 0 amide bonds. The van der Waals surface area contributed by atoms with Gasteiger partial charge >= 0.3 is 0 Å². The van der Waals surface area contributed by atoms with Crippen molar-refractivity contribution in [1.29, 1.82) is 5.41 Å². The summed E-state index contributed by atoms with van der Waals surface area (Å²) >= 11 is 0. The summed E-state index contributed by atoms with van der Waals surface area (Å²) in [5.41, 5.74) is 2.29. The van der Waals surface area contributed by atoms with Gasteiger partial charge in [0.25, 0.3) is 0 Å². The van der Waals surface area contributed by atoms with Crippen LogP contribution in [0.2, 0.25) is 0 Å². The summed E-state index contributed by atoms with van der Waals surface area (Å²) in [6.45, 7) is 0.641. The number of nitrogens with one attached hydrogen (secondary N) is 1. The Balaban J connectivity index is 1.43. The molecule has 0 aliphatic heterocycles. The molecule has 3 rings (SSSR count). The molecule has 2 atom stereocenters. The lowest BCUT2D eigenvalue weighted by Gasteiger charge is -2.07. The highest BCUT2D eigenvalue weighted by molar-refractivity contribution is 5.91. The summed E-state index contributed by atoms with van der Waals surface area (Å²) in [5, 5.41) is 7.89. The predicted octanol–water partition coefficient (Wildman–Crippen LogP) is 4.22. The molecule has 2 heteroatoms. The highest BCUT2D eigenvalue weighted by Gasteiger charge is 2.37. The lowest BCUT2D eigenvalue weighted by molar-refractivity contribution is 0.287. The molecule has 20 heavy (non-hydrogen) atoms. The molecule has 0 radical (unpaired) electrons. The Kier molecular flexibility index (Phi) is 3.82. The van der Waals surface area contributed by atoms with Gasteiger partial charge < -0.3 is 4.74 Å². The minimum atomic E-state index is 0.280. The van der Waals surface area contributed by atoms with E-state index < -0.39 is 0 Å². The van der Waals surface area contributed by atoms with E-state index in [4.69, 9.17) is 10.1 Å². The first kappa shape index (κ1) is 12.9. The van der Waals surface area contributed by atoms with Crippen LogP contribution in [0.3, 0.4) is 0 Å². The van der Waals surface area contributed by atoms with Crippen LogP contribution < -0.4 is 0 Å². The average Bonchev–Trinajstić information content (AvgIpc) is 3.28. The summed E-state index contributed by atoms with van der Waals surface area (Å²) in [6, 6.07) is 20.3. The van der Waals surface area contributed by atoms with Crippen LogP contribution in [-0.2, 0) is 4.74 Å². The van der Waals surface area contributed by atoms with Gasteiger partial charge in [0.2, 0.25) is 5.90 Å². The van der Waals surface area contributed by atoms with Crippen LogP contribution in [0.1, 0.15) is 29.9 Å². The molecule has 0 spiro atoms. The monoisotopic (exact) mass is 265 g/mol. The summed E-state index contributed by atoms with van der Waals surface area (Å²) in [6.07, 6.45) is 2.29. The smallest absolute Gasteiger partial charge is 0.213 e. The zero-order chi connectivity index (χ0) is 13.8. The minimum Gasteiger partial charge on any atom is -0.478 e. The van der Waals surface area contributed by atoms with Crippen molar-refractivity contribution in [2.24, 2.45) is 5.92 Å². The van der Waals surface area contributed by atoms with E-state index in [0.29, 0.717) is 12.5 Å². The highest BCUT2D eigenvalue weighted by Crippen LogP contribution is 2.49. The Bertz CT molecular complexity index is 564. The van der Waals surface area contributed by atoms with Crippen LogP contribution in [0.15, 0.2) is 60.7 Å². The average molecular weight is 265 g/mol. The Morgan fingerprint density at radius 3 is 2.35 bits per heavy atom. The van der Waals surface area contributed by atoms with Crippen LogP contribution in [0.4, 0.5) is 0 Å². The SMILES string of the molecule is N=C(OCC[C@H]1C[C@H]1c1ccccc1)c1ccccc1. The van der Waals surface area contributed by atoms with Gasteiger partial charge in [0.15, 0.2) is 0 Å². The second-order valence-corrected chi connectivity index (χ2v) is 5.35. The third-order valence-corrected chi connectivity index (χ3v) is 3.92. The number of hydrogen-bond donors (Lipinski definition) is 1. The first-order chi connectivity index (χ1) is 9.84. The maximum Gasteiger partial charge on any atom is 0.213 e. The fraction of sp³-hybridized carbons (Fsp3) is 0.278. The maximum absolute atomic E-state index is 7.89. The van der Waals surface area contributed by atoms with E-state index in [9.17, 15) is 0 Å². The van der Waals surface area contributed by atoms with Gasteiger partial charge in [0, 0.05) is 5.56 Å². The minimum absolute atomic E-state index is 0.280. The van der Waals surface area contributed by atoms with Gasteiger partial charge in [-0.1, -0.05) is 48.5 Å². The summed E-state index contributed by atoms with van der Waals surface area (Å²) in [4.78, 5) is 0. The molecule has 0 saturated heterocycles. The molecular formula is C18H19NO. The van der Waals surface area contributed by atoms with E-state index in [1.807, 2.05) is 30.3 Å². The molecule has 1 aliphatic rings. The van der Waals surface area contributed by atoms with E-state index in [2.05, 4.69) is 30.3 Å². The fourth-order valence-corrected chi connectivity index (χ4v) is 2.66. The van der Waals surface area contributed by atoms with Crippen LogP contribution in [0.25, 0.3) is 0 Å². The molecule has 0 heterocycles. The Morgan fingerprint density at radius 2 is 1.65 bits per heavy atom. The maximum atomic E-state index is 7.89. The van der Waals surface area contributed by atoms with Crippen molar-refractivity contribution in [3.63, 3.8) is 0 Å². The van der Waals surface area contributed by atoms with Crippen molar-refractivity contribution in [3.05, 3.63) is 71.8 Å². The second kappa shape index (κ2) is 5.91. The summed E-state index contributed by atoms with van der Waals surface area (Å²) in [7, 11) is 0. The van der Waals surface area contributed by atoms with Crippen molar-refractivity contribution in [2.75, 3.05) is 6.61 Å². The van der Waals surface area contributed by atoms with Crippen molar-refractivity contribution in [1.82, 2.24) is 0 Å².